The number of halogens is 2. The Hall–Kier alpha value is -5.34. The van der Waals surface area contributed by atoms with E-state index >= 15 is 0 Å². The molecule has 6 amide bonds. The topological polar surface area (TPSA) is 251 Å². The van der Waals surface area contributed by atoms with Crippen LogP contribution in [0.4, 0.5) is 8.78 Å². The first-order chi connectivity index (χ1) is 29.7. The van der Waals surface area contributed by atoms with Crippen LogP contribution in [0.15, 0.2) is 42.5 Å². The number of rotatable bonds is 9. The van der Waals surface area contributed by atoms with E-state index in [2.05, 4.69) is 16.0 Å². The predicted octanol–water partition coefficient (Wildman–Crippen LogP) is 0.0212. The molecule has 22 heteroatoms. The molecule has 0 saturated carbocycles. The number of carbonyl (C=O) groups is 7. The van der Waals surface area contributed by atoms with Crippen LogP contribution in [-0.4, -0.2) is 147 Å². The number of morpholine rings is 1. The fourth-order valence-electron chi connectivity index (χ4n) is 8.41. The molecule has 2 aromatic rings. The smallest absolute Gasteiger partial charge is 0.458 e. The molecule has 0 spiro atoms. The second-order valence-electron chi connectivity index (χ2n) is 16.6. The molecule has 4 fully saturated rings. The number of nitrogens with one attached hydrogen (secondary N) is 3. The van der Waals surface area contributed by atoms with Gasteiger partial charge in [0, 0.05) is 38.5 Å². The molecule has 4 heterocycles. The van der Waals surface area contributed by atoms with Gasteiger partial charge in [0.1, 0.15) is 54.0 Å². The number of benzene rings is 2. The van der Waals surface area contributed by atoms with E-state index in [1.54, 1.807) is 31.2 Å². The number of phosphoric ester groups is 1. The molecule has 2 aromatic carbocycles. The molecule has 63 heavy (non-hydrogen) atoms. The lowest BCUT2D eigenvalue weighted by Gasteiger charge is -2.39. The SMILES string of the molecule is Cc1ccc(CC(=O)N[C@@H](Cc2cc(F)cc(F)c2)C(=O)N[C@@H]2C(=O)N3C[C@H](OP(=O)(O)O)C[C@H]3C(=O)N3CCOC[C@H]3C(=O)N[C@@H](C)C(=O)N3C[C@H](C)C[C@H]3C(=O)O[C@H]2C)cc1. The molecule has 0 unspecified atom stereocenters. The summed E-state index contributed by atoms with van der Waals surface area (Å²) in [5, 5.41) is 7.68. The maximum Gasteiger partial charge on any atom is 0.469 e. The van der Waals surface area contributed by atoms with Gasteiger partial charge >= 0.3 is 13.8 Å². The van der Waals surface area contributed by atoms with E-state index in [9.17, 15) is 56.7 Å². The first kappa shape index (κ1) is 47.1. The summed E-state index contributed by atoms with van der Waals surface area (Å²) >= 11 is 0. The van der Waals surface area contributed by atoms with Gasteiger partial charge in [0.25, 0.3) is 0 Å². The second kappa shape index (κ2) is 19.6. The maximum absolute atomic E-state index is 14.9. The van der Waals surface area contributed by atoms with Crippen LogP contribution >= 0.6 is 7.82 Å². The molecule has 4 aliphatic rings. The third-order valence-electron chi connectivity index (χ3n) is 11.5. The Morgan fingerprint density at radius 3 is 2.22 bits per heavy atom. The van der Waals surface area contributed by atoms with Crippen molar-refractivity contribution in [2.75, 3.05) is 32.8 Å². The van der Waals surface area contributed by atoms with Crippen molar-refractivity contribution in [3.8, 4) is 0 Å². The van der Waals surface area contributed by atoms with Gasteiger partial charge < -0.3 is 49.9 Å². The normalized spacial score (nSPS) is 27.8. The van der Waals surface area contributed by atoms with Crippen molar-refractivity contribution < 1.29 is 70.7 Å². The van der Waals surface area contributed by atoms with Crippen molar-refractivity contribution >= 4 is 49.2 Å². The fraction of sp³-hybridized carbons (Fsp3) is 0.537. The average molecular weight is 905 g/mol. The zero-order valence-corrected chi connectivity index (χ0v) is 35.9. The Kier molecular flexibility index (Phi) is 14.7. The summed E-state index contributed by atoms with van der Waals surface area (Å²) in [5.41, 5.74) is 1.45. The number of aryl methyl sites for hydroxylation is 1. The summed E-state index contributed by atoms with van der Waals surface area (Å²) < 4.78 is 57.1. The maximum atomic E-state index is 14.9. The zero-order valence-electron chi connectivity index (χ0n) is 35.0. The number of cyclic esters (lactones) is 1. The van der Waals surface area contributed by atoms with E-state index in [1.807, 2.05) is 6.92 Å². The Labute approximate surface area is 361 Å². The van der Waals surface area contributed by atoms with Gasteiger partial charge in [-0.3, -0.25) is 33.3 Å². The van der Waals surface area contributed by atoms with Crippen molar-refractivity contribution in [1.82, 2.24) is 30.7 Å². The van der Waals surface area contributed by atoms with Gasteiger partial charge in [0.05, 0.1) is 25.7 Å². The molecule has 0 aliphatic carbocycles. The molecule has 6 rings (SSSR count). The molecule has 19 nitrogen and oxygen atoms in total. The Bertz CT molecular complexity index is 2140. The van der Waals surface area contributed by atoms with Crippen LogP contribution in [0.3, 0.4) is 0 Å². The van der Waals surface area contributed by atoms with Gasteiger partial charge in [-0.25, -0.2) is 18.1 Å². The average Bonchev–Trinajstić information content (AvgIpc) is 3.81. The standard InChI is InChI=1S/C41H51F2N6O13P/c1-21-5-7-25(8-6-21)15-34(50)45-30(14-26-12-27(42)16-28(43)13-26)36(51)46-35-24(4)61-41(56)32-11-22(2)18-48(32)38(53)23(3)44-37(52)33-20-60-10-9-47(33)39(54)31-17-29(62-63(57,58)59)19-49(31)40(35)55/h5-8,12-13,16,22-24,29-33,35H,9-11,14-15,17-20H2,1-4H3,(H,44,52)(H,45,50)(H,46,51)(H2,57,58,59)/t22-,23+,24+,29-,30+,31+,32+,33+,35+/m1/s1. The number of fused-ring (bicyclic) bond motifs is 3. The number of amides is 6. The van der Waals surface area contributed by atoms with Crippen molar-refractivity contribution in [2.24, 2.45) is 5.92 Å². The molecule has 342 valence electrons. The monoisotopic (exact) mass is 904 g/mol. The van der Waals surface area contributed by atoms with E-state index in [0.717, 1.165) is 27.5 Å². The lowest BCUT2D eigenvalue weighted by Crippen LogP contribution is -2.64. The Morgan fingerprint density at radius 1 is 0.889 bits per heavy atom. The first-order valence-corrected chi connectivity index (χ1v) is 22.0. The molecular formula is C41H51F2N6O13P. The third kappa shape index (κ3) is 11.6. The number of hydrogen-bond donors (Lipinski definition) is 5. The van der Waals surface area contributed by atoms with Crippen LogP contribution in [0.25, 0.3) is 0 Å². The van der Waals surface area contributed by atoms with Crippen molar-refractivity contribution in [1.29, 1.82) is 0 Å². The van der Waals surface area contributed by atoms with Crippen molar-refractivity contribution in [3.63, 3.8) is 0 Å². The summed E-state index contributed by atoms with van der Waals surface area (Å²) in [6, 6.07) is 0.682. The number of phosphoric acid groups is 1. The van der Waals surface area contributed by atoms with E-state index < -0.39 is 129 Å². The lowest BCUT2D eigenvalue weighted by molar-refractivity contribution is -0.164. The number of esters is 1. The molecule has 9 atom stereocenters. The van der Waals surface area contributed by atoms with Gasteiger partial charge in [0.15, 0.2) is 0 Å². The molecule has 0 aromatic heterocycles. The van der Waals surface area contributed by atoms with Crippen LogP contribution < -0.4 is 16.0 Å². The van der Waals surface area contributed by atoms with Crippen LogP contribution in [-0.2, 0) is 65.0 Å². The largest absolute Gasteiger partial charge is 0.469 e. The molecule has 5 N–H and O–H groups in total. The summed E-state index contributed by atoms with van der Waals surface area (Å²) in [6.07, 6.45) is -4.09. The molecule has 0 bridgehead atoms. The summed E-state index contributed by atoms with van der Waals surface area (Å²) in [5.74, 6) is -8.25. The highest BCUT2D eigenvalue weighted by molar-refractivity contribution is 7.46. The second-order valence-corrected chi connectivity index (χ2v) is 17.7. The Morgan fingerprint density at radius 2 is 1.56 bits per heavy atom. The van der Waals surface area contributed by atoms with E-state index in [-0.39, 0.29) is 50.6 Å². The molecular weight excluding hydrogens is 853 g/mol. The predicted molar refractivity (Wildman–Crippen MR) is 215 cm³/mol. The molecule has 0 radical (unpaired) electrons. The number of nitrogens with zero attached hydrogens (tertiary/aromatic N) is 3. The third-order valence-corrected chi connectivity index (χ3v) is 12.0. The minimum Gasteiger partial charge on any atom is -0.458 e. The quantitative estimate of drug-likeness (QED) is 0.165. The molecule has 4 saturated heterocycles. The van der Waals surface area contributed by atoms with Gasteiger partial charge in [-0.2, -0.15) is 0 Å². The lowest BCUT2D eigenvalue weighted by atomic mass is 10.0. The van der Waals surface area contributed by atoms with Gasteiger partial charge in [-0.1, -0.05) is 36.8 Å². The first-order valence-electron chi connectivity index (χ1n) is 20.5. The van der Waals surface area contributed by atoms with Gasteiger partial charge in [0.2, 0.25) is 35.4 Å². The van der Waals surface area contributed by atoms with Crippen LogP contribution in [0.1, 0.15) is 50.3 Å². The van der Waals surface area contributed by atoms with Crippen LogP contribution in [0.2, 0.25) is 0 Å². The van der Waals surface area contributed by atoms with Crippen LogP contribution in [0.5, 0.6) is 0 Å². The number of hydrogen-bond acceptors (Lipinski definition) is 11. The Balaban J connectivity index is 1.39. The number of ether oxygens (including phenoxy) is 2. The van der Waals surface area contributed by atoms with E-state index in [1.165, 1.54) is 18.7 Å². The highest BCUT2D eigenvalue weighted by Crippen LogP contribution is 2.41. The van der Waals surface area contributed by atoms with E-state index in [0.29, 0.717) is 11.6 Å². The van der Waals surface area contributed by atoms with Crippen LogP contribution in [0, 0.1) is 24.5 Å². The van der Waals surface area contributed by atoms with Gasteiger partial charge in [-0.15, -0.1) is 0 Å². The number of carbonyl (C=O) groups excluding carboxylic acids is 7. The van der Waals surface area contributed by atoms with Gasteiger partial charge in [-0.05, 0) is 56.4 Å². The zero-order chi connectivity index (χ0) is 45.9. The summed E-state index contributed by atoms with van der Waals surface area (Å²) in [4.78, 5) is 122. The highest BCUT2D eigenvalue weighted by atomic mass is 31.2. The fourth-order valence-corrected chi connectivity index (χ4v) is 8.95. The minimum atomic E-state index is -5.22. The minimum absolute atomic E-state index is 0.0294. The van der Waals surface area contributed by atoms with Crippen molar-refractivity contribution in [3.05, 3.63) is 70.8 Å². The summed E-state index contributed by atoms with van der Waals surface area (Å²) in [7, 11) is -5.22. The van der Waals surface area contributed by atoms with E-state index in [4.69, 9.17) is 14.0 Å². The van der Waals surface area contributed by atoms with Crippen molar-refractivity contribution in [2.45, 2.75) is 102 Å². The summed E-state index contributed by atoms with van der Waals surface area (Å²) in [6.45, 7) is 5.30. The highest BCUT2D eigenvalue weighted by Gasteiger charge is 2.50. The molecule has 4 aliphatic heterocycles.